The van der Waals surface area contributed by atoms with Gasteiger partial charge in [0.15, 0.2) is 5.41 Å². The van der Waals surface area contributed by atoms with Crippen molar-refractivity contribution in [2.24, 2.45) is 22.7 Å². The maximum absolute atomic E-state index is 9.98. The second-order valence-corrected chi connectivity index (χ2v) is 6.57. The van der Waals surface area contributed by atoms with Crippen molar-refractivity contribution in [3.05, 3.63) is 12.7 Å². The van der Waals surface area contributed by atoms with Gasteiger partial charge in [0.25, 0.3) is 0 Å². The lowest BCUT2D eigenvalue weighted by Gasteiger charge is -2.52. The molecule has 2 aliphatic heterocycles. The summed E-state index contributed by atoms with van der Waals surface area (Å²) in [6.45, 7) is 5.74. The Hall–Kier alpha value is -2.36. The number of ether oxygens (including phenoxy) is 2. The molecule has 5 atom stereocenters. The number of hydrogen-bond acceptors (Lipinski definition) is 6. The van der Waals surface area contributed by atoms with Crippen LogP contribution in [0.25, 0.3) is 0 Å². The first-order chi connectivity index (χ1) is 11.0. The molecule has 3 aliphatic rings. The summed E-state index contributed by atoms with van der Waals surface area (Å²) >= 11 is 0. The summed E-state index contributed by atoms with van der Waals surface area (Å²) < 4.78 is 11.8. The minimum Gasteiger partial charge on any atom is -0.447 e. The number of nitrogens with zero attached hydrogens (tertiary/aromatic N) is 3. The maximum Gasteiger partial charge on any atom is 0.217 e. The molecule has 3 fully saturated rings. The molecule has 2 bridgehead atoms. The normalized spacial score (nSPS) is 43.2. The molecule has 0 aromatic rings. The third-order valence-electron chi connectivity index (χ3n) is 5.85. The van der Waals surface area contributed by atoms with Crippen LogP contribution in [0.5, 0.6) is 0 Å². The fourth-order valence-corrected chi connectivity index (χ4v) is 4.54. The Bertz CT molecular complexity index is 683. The molecule has 2 heterocycles. The average Bonchev–Trinajstić information content (AvgIpc) is 2.78. The highest BCUT2D eigenvalue weighted by atomic mass is 16.7. The molecule has 1 N–H and O–H groups in total. The van der Waals surface area contributed by atoms with E-state index in [1.165, 1.54) is 6.08 Å². The summed E-state index contributed by atoms with van der Waals surface area (Å²) in [6, 6.07) is 6.09. The molecule has 3 rings (SSSR count). The van der Waals surface area contributed by atoms with Gasteiger partial charge in [-0.1, -0.05) is 19.4 Å². The molecule has 118 valence electrons. The lowest BCUT2D eigenvalue weighted by molar-refractivity contribution is -0.285. The maximum atomic E-state index is 9.98. The first kappa shape index (κ1) is 15.5. The quantitative estimate of drug-likeness (QED) is 0.787. The second kappa shape index (κ2) is 4.82. The molecule has 0 aromatic heterocycles. The van der Waals surface area contributed by atoms with Gasteiger partial charge in [-0.25, -0.2) is 0 Å². The van der Waals surface area contributed by atoms with Crippen LogP contribution in [0.3, 0.4) is 0 Å². The predicted octanol–water partition coefficient (Wildman–Crippen LogP) is 2.64. The van der Waals surface area contributed by atoms with Gasteiger partial charge >= 0.3 is 0 Å². The Labute approximate surface area is 135 Å². The van der Waals surface area contributed by atoms with Crippen molar-refractivity contribution in [1.82, 2.24) is 0 Å². The van der Waals surface area contributed by atoms with E-state index in [0.717, 1.165) is 12.8 Å². The Morgan fingerprint density at radius 3 is 2.57 bits per heavy atom. The monoisotopic (exact) mass is 310 g/mol. The molecule has 6 heteroatoms. The summed E-state index contributed by atoms with van der Waals surface area (Å²) in [5, 5.41) is 37.9. The van der Waals surface area contributed by atoms with Crippen molar-refractivity contribution in [1.29, 1.82) is 21.2 Å². The van der Waals surface area contributed by atoms with Gasteiger partial charge in [-0.05, 0) is 18.8 Å². The average molecular weight is 310 g/mol. The van der Waals surface area contributed by atoms with Gasteiger partial charge in [-0.2, -0.15) is 15.8 Å². The van der Waals surface area contributed by atoms with Gasteiger partial charge in [0.2, 0.25) is 17.1 Å². The molecular formula is C17H18N4O2. The lowest BCUT2D eigenvalue weighted by Crippen LogP contribution is -2.63. The Morgan fingerprint density at radius 1 is 1.35 bits per heavy atom. The van der Waals surface area contributed by atoms with E-state index in [4.69, 9.17) is 14.9 Å². The molecular weight excluding hydrogens is 292 g/mol. The van der Waals surface area contributed by atoms with Crippen LogP contribution < -0.4 is 0 Å². The minimum absolute atomic E-state index is 0.311. The molecule has 0 radical (unpaired) electrons. The van der Waals surface area contributed by atoms with Gasteiger partial charge in [0.1, 0.15) is 6.10 Å². The fraction of sp³-hybridized carbons (Fsp3) is 0.647. The minimum atomic E-state index is -1.82. The summed E-state index contributed by atoms with van der Waals surface area (Å²) in [6.07, 6.45) is 3.40. The molecule has 0 amide bonds. The van der Waals surface area contributed by atoms with Crippen LogP contribution in [0.4, 0.5) is 0 Å². The Kier molecular flexibility index (Phi) is 3.25. The standard InChI is InChI=1S/C17H18N4O2/c1-3-11-5-6-17-12(7-11)16(10-20,14(21)23-17)15(8-18,9-19)13(4-2)22-17/h4,11-13,21H,2-3,5-7H2,1H3. The van der Waals surface area contributed by atoms with Gasteiger partial charge in [0, 0.05) is 6.42 Å². The summed E-state index contributed by atoms with van der Waals surface area (Å²) in [4.78, 5) is 0. The van der Waals surface area contributed by atoms with Crippen LogP contribution in [-0.4, -0.2) is 17.8 Å². The van der Waals surface area contributed by atoms with E-state index in [2.05, 4.69) is 19.6 Å². The van der Waals surface area contributed by atoms with Crippen molar-refractivity contribution >= 4 is 5.90 Å². The number of hydrogen-bond donors (Lipinski definition) is 1. The van der Waals surface area contributed by atoms with Crippen molar-refractivity contribution in [2.45, 2.75) is 44.5 Å². The van der Waals surface area contributed by atoms with E-state index in [1.54, 1.807) is 0 Å². The molecule has 1 aliphatic carbocycles. The Morgan fingerprint density at radius 2 is 2.04 bits per heavy atom. The predicted molar refractivity (Wildman–Crippen MR) is 79.4 cm³/mol. The number of rotatable bonds is 2. The molecule has 0 aromatic carbocycles. The van der Waals surface area contributed by atoms with Gasteiger partial charge in [0.05, 0.1) is 24.1 Å². The van der Waals surface area contributed by atoms with Crippen molar-refractivity contribution < 1.29 is 9.47 Å². The second-order valence-electron chi connectivity index (χ2n) is 6.57. The van der Waals surface area contributed by atoms with E-state index in [9.17, 15) is 15.8 Å². The SMILES string of the molecule is C=CC1OC23CCC(CC)CC2C(C#N)(C(=N)O3)C1(C#N)C#N. The van der Waals surface area contributed by atoms with Gasteiger partial charge in [-0.15, -0.1) is 6.58 Å². The number of nitrogens with one attached hydrogen (secondary N) is 1. The molecule has 23 heavy (non-hydrogen) atoms. The van der Waals surface area contributed by atoms with Crippen LogP contribution in [0, 0.1) is 62.1 Å². The number of nitriles is 3. The van der Waals surface area contributed by atoms with Crippen LogP contribution in [0.2, 0.25) is 0 Å². The lowest BCUT2D eigenvalue weighted by atomic mass is 9.51. The smallest absolute Gasteiger partial charge is 0.217 e. The zero-order valence-corrected chi connectivity index (χ0v) is 13.0. The van der Waals surface area contributed by atoms with Crippen LogP contribution in [0.15, 0.2) is 12.7 Å². The highest BCUT2D eigenvalue weighted by molar-refractivity contribution is 5.89. The van der Waals surface area contributed by atoms with Crippen LogP contribution in [-0.2, 0) is 9.47 Å². The molecule has 5 unspecified atom stereocenters. The summed E-state index contributed by atoms with van der Waals surface area (Å²) in [5.74, 6) is -1.51. The van der Waals surface area contributed by atoms with Crippen LogP contribution in [0.1, 0.15) is 32.6 Å². The van der Waals surface area contributed by atoms with E-state index in [0.29, 0.717) is 18.8 Å². The van der Waals surface area contributed by atoms with Crippen molar-refractivity contribution in [3.63, 3.8) is 0 Å². The van der Waals surface area contributed by atoms with E-state index in [1.807, 2.05) is 12.1 Å². The summed E-state index contributed by atoms with van der Waals surface area (Å²) in [7, 11) is 0. The van der Waals surface area contributed by atoms with Crippen molar-refractivity contribution in [2.75, 3.05) is 0 Å². The van der Waals surface area contributed by atoms with Gasteiger partial charge < -0.3 is 9.47 Å². The Balaban J connectivity index is 2.26. The molecule has 1 saturated carbocycles. The first-order valence-electron chi connectivity index (χ1n) is 7.82. The third kappa shape index (κ3) is 1.51. The third-order valence-corrected chi connectivity index (χ3v) is 5.85. The van der Waals surface area contributed by atoms with E-state index < -0.39 is 28.6 Å². The first-order valence-corrected chi connectivity index (χ1v) is 7.82. The van der Waals surface area contributed by atoms with E-state index in [-0.39, 0.29) is 5.90 Å². The van der Waals surface area contributed by atoms with Crippen LogP contribution >= 0.6 is 0 Å². The topological polar surface area (TPSA) is 114 Å². The highest BCUT2D eigenvalue weighted by Gasteiger charge is 2.80. The van der Waals surface area contributed by atoms with Crippen molar-refractivity contribution in [3.8, 4) is 18.2 Å². The summed E-state index contributed by atoms with van der Waals surface area (Å²) in [5.41, 5.74) is -3.43. The molecule has 2 saturated heterocycles. The highest BCUT2D eigenvalue weighted by Crippen LogP contribution is 2.67. The van der Waals surface area contributed by atoms with Gasteiger partial charge in [-0.3, -0.25) is 5.41 Å². The zero-order valence-electron chi connectivity index (χ0n) is 13.0. The largest absolute Gasteiger partial charge is 0.447 e. The zero-order chi connectivity index (χ0) is 16.9. The molecule has 6 nitrogen and oxygen atoms in total. The molecule has 0 spiro atoms. The fourth-order valence-electron chi connectivity index (χ4n) is 4.54. The van der Waals surface area contributed by atoms with E-state index >= 15 is 0 Å².